The average molecular weight is 258 g/mol. The Morgan fingerprint density at radius 3 is 2.71 bits per heavy atom. The maximum absolute atomic E-state index is 11.1. The van der Waals surface area contributed by atoms with Gasteiger partial charge in [0.15, 0.2) is 6.10 Å². The van der Waals surface area contributed by atoms with Gasteiger partial charge in [-0.05, 0) is 31.5 Å². The number of nitrogens with two attached hydrogens (primary N) is 1. The second-order valence-corrected chi connectivity index (χ2v) is 4.21. The average Bonchev–Trinajstić information content (AvgIpc) is 2.26. The van der Waals surface area contributed by atoms with Crippen molar-refractivity contribution in [2.24, 2.45) is 5.73 Å². The van der Waals surface area contributed by atoms with Crippen molar-refractivity contribution in [1.29, 1.82) is 0 Å². The van der Waals surface area contributed by atoms with Gasteiger partial charge in [-0.15, -0.1) is 0 Å². The summed E-state index contributed by atoms with van der Waals surface area (Å²) >= 11 is 5.84. The van der Waals surface area contributed by atoms with Crippen molar-refractivity contribution in [2.75, 3.05) is 0 Å². The second-order valence-electron chi connectivity index (χ2n) is 3.78. The Balaban J connectivity index is 3.01. The molecule has 3 N–H and O–H groups in total. The predicted molar refractivity (Wildman–Crippen MR) is 66.0 cm³/mol. The van der Waals surface area contributed by atoms with Crippen molar-refractivity contribution in [3.05, 3.63) is 28.8 Å². The number of benzene rings is 1. The van der Waals surface area contributed by atoms with Crippen molar-refractivity contribution in [3.63, 3.8) is 0 Å². The van der Waals surface area contributed by atoms with Gasteiger partial charge in [0.2, 0.25) is 0 Å². The van der Waals surface area contributed by atoms with E-state index in [0.29, 0.717) is 22.8 Å². The van der Waals surface area contributed by atoms with Crippen molar-refractivity contribution in [1.82, 2.24) is 0 Å². The topological polar surface area (TPSA) is 72.6 Å². The number of aliphatic hydroxyl groups excluding tert-OH is 1. The highest BCUT2D eigenvalue weighted by molar-refractivity contribution is 6.30. The number of rotatable bonds is 5. The molecule has 1 amide bonds. The minimum atomic E-state index is -0.728. The molecule has 0 aliphatic carbocycles. The Bertz CT molecular complexity index is 407. The van der Waals surface area contributed by atoms with Gasteiger partial charge in [0.1, 0.15) is 5.75 Å². The number of hydrogen-bond acceptors (Lipinski definition) is 3. The van der Waals surface area contributed by atoms with Gasteiger partial charge in [0, 0.05) is 10.6 Å². The Labute approximate surface area is 105 Å². The molecule has 5 heteroatoms. The third-order valence-corrected chi connectivity index (χ3v) is 2.61. The van der Waals surface area contributed by atoms with E-state index in [1.54, 1.807) is 32.0 Å². The fraction of sp³-hybridized carbons (Fsp3) is 0.417. The predicted octanol–water partition coefficient (Wildman–Crippen LogP) is 2.04. The lowest BCUT2D eigenvalue weighted by Crippen LogP contribution is -2.33. The zero-order chi connectivity index (χ0) is 13.0. The van der Waals surface area contributed by atoms with Crippen molar-refractivity contribution >= 4 is 17.5 Å². The van der Waals surface area contributed by atoms with Crippen LogP contribution in [0.15, 0.2) is 18.2 Å². The number of carbonyl (C=O) groups is 1. The number of amides is 1. The van der Waals surface area contributed by atoms with Gasteiger partial charge in [-0.1, -0.05) is 18.5 Å². The van der Waals surface area contributed by atoms with Gasteiger partial charge >= 0.3 is 0 Å². The smallest absolute Gasteiger partial charge is 0.258 e. The first kappa shape index (κ1) is 13.8. The summed E-state index contributed by atoms with van der Waals surface area (Å²) in [5, 5.41) is 10.1. The van der Waals surface area contributed by atoms with E-state index >= 15 is 0 Å². The van der Waals surface area contributed by atoms with Gasteiger partial charge in [-0.2, -0.15) is 0 Å². The molecule has 2 atom stereocenters. The van der Waals surface area contributed by atoms with Crippen LogP contribution in [0, 0.1) is 0 Å². The zero-order valence-electron chi connectivity index (χ0n) is 9.81. The molecule has 0 saturated heterocycles. The van der Waals surface area contributed by atoms with Gasteiger partial charge in [0.25, 0.3) is 5.91 Å². The summed E-state index contributed by atoms with van der Waals surface area (Å²) in [4.78, 5) is 11.1. The molecule has 1 rings (SSSR count). The monoisotopic (exact) mass is 257 g/mol. The number of hydrogen-bond donors (Lipinski definition) is 2. The molecule has 4 nitrogen and oxygen atoms in total. The lowest BCUT2D eigenvalue weighted by Gasteiger charge is -2.18. The van der Waals surface area contributed by atoms with Gasteiger partial charge in [0.05, 0.1) is 6.10 Å². The normalized spacial score (nSPS) is 14.1. The highest BCUT2D eigenvalue weighted by Gasteiger charge is 2.18. The largest absolute Gasteiger partial charge is 0.480 e. The van der Waals surface area contributed by atoms with Crippen LogP contribution >= 0.6 is 11.6 Å². The van der Waals surface area contributed by atoms with E-state index in [0.717, 1.165) is 0 Å². The molecular weight excluding hydrogens is 242 g/mol. The van der Waals surface area contributed by atoms with Crippen LogP contribution in [-0.2, 0) is 4.79 Å². The highest BCUT2D eigenvalue weighted by Crippen LogP contribution is 2.29. The minimum absolute atomic E-state index is 0.426. The number of carbonyl (C=O) groups excluding carboxylic acids is 1. The fourth-order valence-electron chi connectivity index (χ4n) is 1.45. The fourth-order valence-corrected chi connectivity index (χ4v) is 1.63. The van der Waals surface area contributed by atoms with Crippen LogP contribution in [0.4, 0.5) is 0 Å². The summed E-state index contributed by atoms with van der Waals surface area (Å²) in [6.45, 7) is 3.40. The second kappa shape index (κ2) is 5.89. The van der Waals surface area contributed by atoms with E-state index in [2.05, 4.69) is 0 Å². The number of ether oxygens (including phenoxy) is 1. The minimum Gasteiger partial charge on any atom is -0.480 e. The molecule has 17 heavy (non-hydrogen) atoms. The number of primary amides is 1. The van der Waals surface area contributed by atoms with Crippen molar-refractivity contribution in [2.45, 2.75) is 32.5 Å². The van der Waals surface area contributed by atoms with E-state index in [4.69, 9.17) is 22.1 Å². The van der Waals surface area contributed by atoms with E-state index < -0.39 is 18.1 Å². The molecule has 0 radical (unpaired) electrons. The molecule has 0 bridgehead atoms. The Hall–Kier alpha value is -1.26. The molecular formula is C12H16ClNO3. The van der Waals surface area contributed by atoms with E-state index in [-0.39, 0.29) is 0 Å². The Morgan fingerprint density at radius 1 is 1.59 bits per heavy atom. The van der Waals surface area contributed by atoms with Crippen LogP contribution in [0.1, 0.15) is 31.9 Å². The SMILES string of the molecule is CCC(Oc1ccc(Cl)cc1[C@@H](C)O)C(N)=O. The molecule has 0 heterocycles. The first-order valence-electron chi connectivity index (χ1n) is 5.39. The molecule has 1 aromatic carbocycles. The number of aliphatic hydroxyl groups is 1. The molecule has 94 valence electrons. The molecule has 0 aliphatic heterocycles. The van der Waals surface area contributed by atoms with Crippen LogP contribution in [0.3, 0.4) is 0 Å². The molecule has 1 aromatic rings. The van der Waals surface area contributed by atoms with Crippen LogP contribution < -0.4 is 10.5 Å². The molecule has 0 saturated carbocycles. The molecule has 1 unspecified atom stereocenters. The number of halogens is 1. The van der Waals surface area contributed by atoms with Crippen LogP contribution in [0.2, 0.25) is 5.02 Å². The lowest BCUT2D eigenvalue weighted by atomic mass is 10.1. The third kappa shape index (κ3) is 3.61. The quantitative estimate of drug-likeness (QED) is 0.848. The molecule has 0 aliphatic rings. The van der Waals surface area contributed by atoms with Crippen molar-refractivity contribution in [3.8, 4) is 5.75 Å². The lowest BCUT2D eigenvalue weighted by molar-refractivity contribution is -0.124. The first-order valence-corrected chi connectivity index (χ1v) is 5.77. The van der Waals surface area contributed by atoms with Gasteiger partial charge < -0.3 is 15.6 Å². The van der Waals surface area contributed by atoms with E-state index in [1.165, 1.54) is 0 Å². The van der Waals surface area contributed by atoms with Crippen LogP contribution in [0.5, 0.6) is 5.75 Å². The third-order valence-electron chi connectivity index (χ3n) is 2.38. The first-order chi connectivity index (χ1) is 7.95. The maximum atomic E-state index is 11.1. The molecule has 0 spiro atoms. The Morgan fingerprint density at radius 2 is 2.24 bits per heavy atom. The van der Waals surface area contributed by atoms with Crippen molar-refractivity contribution < 1.29 is 14.6 Å². The van der Waals surface area contributed by atoms with E-state index in [1.807, 2.05) is 0 Å². The summed E-state index contributed by atoms with van der Waals surface area (Å²) in [6, 6.07) is 4.86. The summed E-state index contributed by atoms with van der Waals surface area (Å²) in [5.74, 6) is -0.103. The standard InChI is InChI=1S/C12H16ClNO3/c1-3-10(12(14)16)17-11-5-4-8(13)6-9(11)7(2)15/h4-7,10,15H,3H2,1-2H3,(H2,14,16)/t7-,10?/m1/s1. The molecule has 0 aromatic heterocycles. The van der Waals surface area contributed by atoms with Crippen LogP contribution in [-0.4, -0.2) is 17.1 Å². The van der Waals surface area contributed by atoms with Crippen LogP contribution in [0.25, 0.3) is 0 Å². The summed E-state index contributed by atoms with van der Waals surface area (Å²) in [7, 11) is 0. The summed E-state index contributed by atoms with van der Waals surface area (Å²) in [5.41, 5.74) is 5.74. The summed E-state index contributed by atoms with van der Waals surface area (Å²) < 4.78 is 5.48. The maximum Gasteiger partial charge on any atom is 0.258 e. The van der Waals surface area contributed by atoms with Gasteiger partial charge in [-0.25, -0.2) is 0 Å². The Kier molecular flexibility index (Phi) is 4.78. The highest BCUT2D eigenvalue weighted by atomic mass is 35.5. The molecule has 0 fully saturated rings. The summed E-state index contributed by atoms with van der Waals surface area (Å²) in [6.07, 6.45) is -0.959. The zero-order valence-corrected chi connectivity index (χ0v) is 10.6. The van der Waals surface area contributed by atoms with E-state index in [9.17, 15) is 9.90 Å². The van der Waals surface area contributed by atoms with Gasteiger partial charge in [-0.3, -0.25) is 4.79 Å².